The van der Waals surface area contributed by atoms with E-state index < -0.39 is 0 Å². The highest BCUT2D eigenvalue weighted by Gasteiger charge is 2.03. The summed E-state index contributed by atoms with van der Waals surface area (Å²) in [6.45, 7) is 6.51. The second-order valence-electron chi connectivity index (χ2n) is 3.48. The molecule has 0 radical (unpaired) electrons. The van der Waals surface area contributed by atoms with Gasteiger partial charge in [0.05, 0.1) is 0 Å². The van der Waals surface area contributed by atoms with E-state index in [1.54, 1.807) is 7.11 Å². The second kappa shape index (κ2) is 11.3. The Labute approximate surface area is 93.2 Å². The summed E-state index contributed by atoms with van der Waals surface area (Å²) >= 11 is 2.03. The molecule has 0 spiro atoms. The van der Waals surface area contributed by atoms with Crippen molar-refractivity contribution in [3.63, 3.8) is 0 Å². The molecule has 14 heavy (non-hydrogen) atoms. The minimum absolute atomic E-state index is 0.697. The zero-order valence-corrected chi connectivity index (χ0v) is 10.7. The van der Waals surface area contributed by atoms with Crippen LogP contribution in [0.15, 0.2) is 0 Å². The summed E-state index contributed by atoms with van der Waals surface area (Å²) in [6, 6.07) is 0.697. The van der Waals surface area contributed by atoms with Crippen LogP contribution in [-0.4, -0.2) is 37.8 Å². The quantitative estimate of drug-likeness (QED) is 0.571. The van der Waals surface area contributed by atoms with Crippen LogP contribution in [0, 0.1) is 0 Å². The van der Waals surface area contributed by atoms with Gasteiger partial charge in [-0.3, -0.25) is 0 Å². The minimum Gasteiger partial charge on any atom is -0.385 e. The summed E-state index contributed by atoms with van der Waals surface area (Å²) in [5.74, 6) is 2.46. The Morgan fingerprint density at radius 2 is 2.14 bits per heavy atom. The lowest BCUT2D eigenvalue weighted by Crippen LogP contribution is -2.31. The summed E-state index contributed by atoms with van der Waals surface area (Å²) in [6.07, 6.45) is 3.63. The Bertz CT molecular complexity index is 111. The number of nitrogens with one attached hydrogen (secondary N) is 1. The molecule has 0 saturated heterocycles. The number of hydrogen-bond acceptors (Lipinski definition) is 3. The Hall–Kier alpha value is 0.270. The van der Waals surface area contributed by atoms with E-state index in [1.165, 1.54) is 30.8 Å². The summed E-state index contributed by atoms with van der Waals surface area (Å²) in [5.41, 5.74) is 0. The summed E-state index contributed by atoms with van der Waals surface area (Å²) < 4.78 is 5.01. The Kier molecular flexibility index (Phi) is 11.6. The first-order chi connectivity index (χ1) is 6.85. The fourth-order valence-corrected chi connectivity index (χ4v) is 2.33. The number of ether oxygens (including phenoxy) is 1. The molecule has 0 aromatic carbocycles. The topological polar surface area (TPSA) is 21.3 Å². The molecule has 0 saturated carbocycles. The largest absolute Gasteiger partial charge is 0.385 e. The highest BCUT2D eigenvalue weighted by molar-refractivity contribution is 7.99. The molecule has 86 valence electrons. The Morgan fingerprint density at radius 1 is 1.36 bits per heavy atom. The van der Waals surface area contributed by atoms with Gasteiger partial charge in [-0.15, -0.1) is 0 Å². The highest BCUT2D eigenvalue weighted by atomic mass is 32.2. The molecular formula is C11H25NOS. The van der Waals surface area contributed by atoms with Gasteiger partial charge in [-0.1, -0.05) is 13.8 Å². The van der Waals surface area contributed by atoms with E-state index in [4.69, 9.17) is 4.74 Å². The molecule has 0 aliphatic heterocycles. The van der Waals surface area contributed by atoms with Gasteiger partial charge in [0.15, 0.2) is 0 Å². The van der Waals surface area contributed by atoms with E-state index in [0.717, 1.165) is 13.2 Å². The fourth-order valence-electron chi connectivity index (χ4n) is 1.20. The van der Waals surface area contributed by atoms with Crippen molar-refractivity contribution >= 4 is 11.8 Å². The molecule has 3 heteroatoms. The van der Waals surface area contributed by atoms with Gasteiger partial charge in [-0.05, 0) is 31.6 Å². The third-order valence-electron chi connectivity index (χ3n) is 2.13. The molecule has 0 rings (SSSR count). The van der Waals surface area contributed by atoms with Crippen molar-refractivity contribution in [1.29, 1.82) is 0 Å². The summed E-state index contributed by atoms with van der Waals surface area (Å²) in [5, 5.41) is 3.56. The molecule has 0 heterocycles. The second-order valence-corrected chi connectivity index (χ2v) is 4.63. The number of thioether (sulfide) groups is 1. The van der Waals surface area contributed by atoms with Crippen molar-refractivity contribution in [2.24, 2.45) is 0 Å². The van der Waals surface area contributed by atoms with Gasteiger partial charge >= 0.3 is 0 Å². The van der Waals surface area contributed by atoms with Crippen molar-refractivity contribution in [1.82, 2.24) is 5.32 Å². The van der Waals surface area contributed by atoms with Crippen LogP contribution >= 0.6 is 11.8 Å². The Morgan fingerprint density at radius 3 is 2.71 bits per heavy atom. The first-order valence-electron chi connectivity index (χ1n) is 5.65. The molecule has 0 bridgehead atoms. The predicted molar refractivity (Wildman–Crippen MR) is 66.2 cm³/mol. The van der Waals surface area contributed by atoms with Crippen LogP contribution < -0.4 is 5.32 Å². The molecule has 0 aliphatic carbocycles. The lowest BCUT2D eigenvalue weighted by molar-refractivity contribution is 0.200. The third kappa shape index (κ3) is 8.85. The molecular weight excluding hydrogens is 194 g/mol. The van der Waals surface area contributed by atoms with Crippen LogP contribution in [0.5, 0.6) is 0 Å². The highest BCUT2D eigenvalue weighted by Crippen LogP contribution is 2.07. The van der Waals surface area contributed by atoms with E-state index in [1.807, 2.05) is 11.8 Å². The first kappa shape index (κ1) is 14.3. The molecule has 1 unspecified atom stereocenters. The van der Waals surface area contributed by atoms with Crippen LogP contribution in [0.2, 0.25) is 0 Å². The van der Waals surface area contributed by atoms with E-state index in [0.29, 0.717) is 6.04 Å². The first-order valence-corrected chi connectivity index (χ1v) is 6.80. The third-order valence-corrected chi connectivity index (χ3v) is 3.35. The molecule has 0 aromatic heterocycles. The summed E-state index contributed by atoms with van der Waals surface area (Å²) in [4.78, 5) is 0. The van der Waals surface area contributed by atoms with Crippen LogP contribution in [0.4, 0.5) is 0 Å². The molecule has 1 N–H and O–H groups in total. The number of rotatable bonds is 10. The van der Waals surface area contributed by atoms with Crippen LogP contribution in [-0.2, 0) is 4.74 Å². The minimum atomic E-state index is 0.697. The van der Waals surface area contributed by atoms with Crippen LogP contribution in [0.1, 0.15) is 33.1 Å². The molecule has 0 fully saturated rings. The van der Waals surface area contributed by atoms with Gasteiger partial charge in [0, 0.05) is 25.5 Å². The zero-order chi connectivity index (χ0) is 10.6. The van der Waals surface area contributed by atoms with Crippen molar-refractivity contribution in [3.05, 3.63) is 0 Å². The average Bonchev–Trinajstić information content (AvgIpc) is 2.22. The van der Waals surface area contributed by atoms with E-state index in [2.05, 4.69) is 19.2 Å². The number of hydrogen-bond donors (Lipinski definition) is 1. The van der Waals surface area contributed by atoms with Gasteiger partial charge < -0.3 is 10.1 Å². The van der Waals surface area contributed by atoms with Crippen molar-refractivity contribution in [3.8, 4) is 0 Å². The monoisotopic (exact) mass is 219 g/mol. The van der Waals surface area contributed by atoms with Crippen molar-refractivity contribution < 1.29 is 4.74 Å². The van der Waals surface area contributed by atoms with Gasteiger partial charge in [-0.2, -0.15) is 11.8 Å². The standard InChI is InChI=1S/C11H25NOS/c1-4-7-12-11(5-2)10-14-9-6-8-13-3/h11-12H,4-10H2,1-3H3. The molecule has 2 nitrogen and oxygen atoms in total. The maximum absolute atomic E-state index is 5.01. The molecule has 0 aliphatic rings. The van der Waals surface area contributed by atoms with Crippen LogP contribution in [0.25, 0.3) is 0 Å². The van der Waals surface area contributed by atoms with Crippen molar-refractivity contribution in [2.45, 2.75) is 39.2 Å². The molecule has 0 aromatic rings. The van der Waals surface area contributed by atoms with E-state index in [-0.39, 0.29) is 0 Å². The number of methoxy groups -OCH3 is 1. The van der Waals surface area contributed by atoms with Gasteiger partial charge in [0.25, 0.3) is 0 Å². The Balaban J connectivity index is 3.24. The van der Waals surface area contributed by atoms with Crippen molar-refractivity contribution in [2.75, 3.05) is 31.8 Å². The zero-order valence-electron chi connectivity index (χ0n) is 9.84. The van der Waals surface area contributed by atoms with E-state index in [9.17, 15) is 0 Å². The smallest absolute Gasteiger partial charge is 0.0470 e. The maximum Gasteiger partial charge on any atom is 0.0470 e. The molecule has 1 atom stereocenters. The normalized spacial score (nSPS) is 13.1. The van der Waals surface area contributed by atoms with Crippen LogP contribution in [0.3, 0.4) is 0 Å². The maximum atomic E-state index is 5.01. The lowest BCUT2D eigenvalue weighted by Gasteiger charge is -2.15. The average molecular weight is 219 g/mol. The predicted octanol–water partition coefficient (Wildman–Crippen LogP) is 2.53. The van der Waals surface area contributed by atoms with Gasteiger partial charge in [-0.25, -0.2) is 0 Å². The van der Waals surface area contributed by atoms with Gasteiger partial charge in [0.2, 0.25) is 0 Å². The SMILES string of the molecule is CCCNC(CC)CSCCCOC. The molecule has 0 amide bonds. The van der Waals surface area contributed by atoms with Gasteiger partial charge in [0.1, 0.15) is 0 Å². The fraction of sp³-hybridized carbons (Fsp3) is 1.00. The summed E-state index contributed by atoms with van der Waals surface area (Å²) in [7, 11) is 1.77. The van der Waals surface area contributed by atoms with E-state index >= 15 is 0 Å². The lowest BCUT2D eigenvalue weighted by atomic mass is 10.2.